The number of benzene rings is 2. The van der Waals surface area contributed by atoms with Crippen LogP contribution in [0.2, 0.25) is 0 Å². The van der Waals surface area contributed by atoms with Gasteiger partial charge in [0.1, 0.15) is 11.7 Å². The van der Waals surface area contributed by atoms with Crippen LogP contribution in [0, 0.1) is 17.3 Å². The van der Waals surface area contributed by atoms with Crippen LogP contribution < -0.4 is 0 Å². The third-order valence-corrected chi connectivity index (χ3v) is 3.69. The topological polar surface area (TPSA) is 39.4 Å². The predicted octanol–water partition coefficient (Wildman–Crippen LogP) is 3.11. The number of fused-ring (bicyclic) bond motifs is 1. The van der Waals surface area contributed by atoms with E-state index in [-0.39, 0.29) is 5.82 Å². The largest absolute Gasteiger partial charge is 0.351 e. The van der Waals surface area contributed by atoms with Crippen LogP contribution in [-0.2, 0) is 13.0 Å². The third-order valence-electron chi connectivity index (χ3n) is 3.69. The van der Waals surface area contributed by atoms with Gasteiger partial charge < -0.3 is 4.90 Å². The van der Waals surface area contributed by atoms with Crippen molar-refractivity contribution in [1.82, 2.24) is 4.90 Å². The van der Waals surface area contributed by atoms with E-state index in [1.165, 1.54) is 23.3 Å². The molecule has 0 radical (unpaired) electrons. The lowest BCUT2D eigenvalue weighted by Crippen LogP contribution is -2.36. The van der Waals surface area contributed by atoms with E-state index in [9.17, 15) is 4.39 Å². The smallest absolute Gasteiger partial charge is 0.207 e. The molecule has 3 nitrogen and oxygen atoms in total. The highest BCUT2D eigenvalue weighted by Crippen LogP contribution is 2.21. The summed E-state index contributed by atoms with van der Waals surface area (Å²) in [7, 11) is 0. The fourth-order valence-corrected chi connectivity index (χ4v) is 2.64. The molecular formula is C17H14FN3. The highest BCUT2D eigenvalue weighted by molar-refractivity contribution is 5.99. The van der Waals surface area contributed by atoms with Crippen molar-refractivity contribution in [2.45, 2.75) is 13.0 Å². The molecule has 0 bridgehead atoms. The summed E-state index contributed by atoms with van der Waals surface area (Å²) in [6.45, 7) is 1.52. The highest BCUT2D eigenvalue weighted by atomic mass is 19.1. The van der Waals surface area contributed by atoms with E-state index in [2.05, 4.69) is 22.0 Å². The first kappa shape index (κ1) is 13.3. The molecule has 1 aliphatic heterocycles. The van der Waals surface area contributed by atoms with Gasteiger partial charge in [-0.25, -0.2) is 4.39 Å². The van der Waals surface area contributed by atoms with Gasteiger partial charge in [-0.15, -0.1) is 0 Å². The van der Waals surface area contributed by atoms with Crippen LogP contribution in [-0.4, -0.2) is 17.3 Å². The number of halogens is 1. The van der Waals surface area contributed by atoms with Crippen molar-refractivity contribution in [2.75, 3.05) is 6.54 Å². The van der Waals surface area contributed by atoms with Crippen LogP contribution in [0.5, 0.6) is 0 Å². The van der Waals surface area contributed by atoms with Gasteiger partial charge in [0.2, 0.25) is 6.19 Å². The predicted molar refractivity (Wildman–Crippen MR) is 79.1 cm³/mol. The normalized spacial score (nSPS) is 14.5. The van der Waals surface area contributed by atoms with Crippen LogP contribution >= 0.6 is 0 Å². The molecule has 0 N–H and O–H groups in total. The van der Waals surface area contributed by atoms with Gasteiger partial charge in [0, 0.05) is 18.7 Å². The second-order valence-corrected chi connectivity index (χ2v) is 4.98. The minimum atomic E-state index is -0.293. The van der Waals surface area contributed by atoms with Gasteiger partial charge in [-0.3, -0.25) is 0 Å². The summed E-state index contributed by atoms with van der Waals surface area (Å²) in [5.74, 6) is 0.311. The summed E-state index contributed by atoms with van der Waals surface area (Å²) in [4.78, 5) is 6.01. The fraction of sp³-hybridized carbons (Fsp3) is 0.176. The van der Waals surface area contributed by atoms with Crippen LogP contribution in [0.15, 0.2) is 53.5 Å². The van der Waals surface area contributed by atoms with Gasteiger partial charge >= 0.3 is 0 Å². The first-order valence-electron chi connectivity index (χ1n) is 6.82. The van der Waals surface area contributed by atoms with Gasteiger partial charge in [0.25, 0.3) is 0 Å². The molecular weight excluding hydrogens is 265 g/mol. The molecule has 0 amide bonds. The molecule has 104 valence electrons. The molecule has 2 aromatic carbocycles. The molecule has 0 spiro atoms. The average Bonchev–Trinajstić information content (AvgIpc) is 2.53. The maximum atomic E-state index is 13.1. The highest BCUT2D eigenvalue weighted by Gasteiger charge is 2.20. The summed E-state index contributed by atoms with van der Waals surface area (Å²) in [5, 5.41) is 8.94. The summed E-state index contributed by atoms with van der Waals surface area (Å²) < 4.78 is 13.1. The SMILES string of the molecule is N#CN=C(c1ccc(F)cc1)N1CCc2ccccc2C1. The van der Waals surface area contributed by atoms with Crippen LogP contribution in [0.25, 0.3) is 0 Å². The second-order valence-electron chi connectivity index (χ2n) is 4.98. The Morgan fingerprint density at radius 2 is 1.81 bits per heavy atom. The Bertz CT molecular complexity index is 714. The maximum absolute atomic E-state index is 13.1. The molecule has 0 aliphatic carbocycles. The Morgan fingerprint density at radius 1 is 1.10 bits per heavy atom. The molecule has 0 aromatic heterocycles. The van der Waals surface area contributed by atoms with Crippen LogP contribution in [0.3, 0.4) is 0 Å². The van der Waals surface area contributed by atoms with Crippen molar-refractivity contribution in [2.24, 2.45) is 4.99 Å². The second kappa shape index (κ2) is 5.76. The summed E-state index contributed by atoms with van der Waals surface area (Å²) in [6, 6.07) is 14.4. The van der Waals surface area contributed by atoms with Crippen molar-refractivity contribution in [3.8, 4) is 6.19 Å². The average molecular weight is 279 g/mol. The van der Waals surface area contributed by atoms with Gasteiger partial charge in [-0.1, -0.05) is 24.3 Å². The third kappa shape index (κ3) is 2.77. The number of hydrogen-bond acceptors (Lipinski definition) is 2. The number of aliphatic imine (C=N–C) groups is 1. The standard InChI is InChI=1S/C17H14FN3/c18-16-7-5-14(6-8-16)17(20-12-19)21-10-9-13-3-1-2-4-15(13)11-21/h1-8H,9-11H2. The van der Waals surface area contributed by atoms with Gasteiger partial charge in [0.15, 0.2) is 0 Å². The van der Waals surface area contributed by atoms with E-state index >= 15 is 0 Å². The Morgan fingerprint density at radius 3 is 2.52 bits per heavy atom. The zero-order valence-electron chi connectivity index (χ0n) is 11.5. The van der Waals surface area contributed by atoms with E-state index in [4.69, 9.17) is 5.26 Å². The number of nitrogens with zero attached hydrogens (tertiary/aromatic N) is 3. The summed E-state index contributed by atoms with van der Waals surface area (Å²) in [5.41, 5.74) is 3.35. The van der Waals surface area contributed by atoms with Crippen molar-refractivity contribution in [1.29, 1.82) is 5.26 Å². The van der Waals surface area contributed by atoms with E-state index in [1.807, 2.05) is 18.3 Å². The Hall–Kier alpha value is -2.67. The zero-order chi connectivity index (χ0) is 14.7. The number of nitriles is 1. The van der Waals surface area contributed by atoms with E-state index in [0.29, 0.717) is 12.4 Å². The fourth-order valence-electron chi connectivity index (χ4n) is 2.64. The molecule has 3 rings (SSSR count). The Labute approximate surface area is 123 Å². The number of rotatable bonds is 1. The molecule has 0 atom stereocenters. The number of hydrogen-bond donors (Lipinski definition) is 0. The van der Waals surface area contributed by atoms with E-state index < -0.39 is 0 Å². The van der Waals surface area contributed by atoms with Crippen molar-refractivity contribution < 1.29 is 4.39 Å². The molecule has 21 heavy (non-hydrogen) atoms. The van der Waals surface area contributed by atoms with E-state index in [0.717, 1.165) is 18.5 Å². The molecule has 1 aliphatic rings. The molecule has 4 heteroatoms. The Balaban J connectivity index is 1.92. The van der Waals surface area contributed by atoms with Gasteiger partial charge in [-0.05, 0) is 41.8 Å². The molecule has 0 unspecified atom stereocenters. The van der Waals surface area contributed by atoms with Gasteiger partial charge in [0.05, 0.1) is 0 Å². The van der Waals surface area contributed by atoms with Gasteiger partial charge in [-0.2, -0.15) is 10.3 Å². The first-order valence-corrected chi connectivity index (χ1v) is 6.82. The Kier molecular flexibility index (Phi) is 3.65. The van der Waals surface area contributed by atoms with E-state index in [1.54, 1.807) is 12.1 Å². The first-order chi connectivity index (χ1) is 10.3. The van der Waals surface area contributed by atoms with Crippen molar-refractivity contribution >= 4 is 5.84 Å². The lowest BCUT2D eigenvalue weighted by molar-refractivity contribution is 0.394. The zero-order valence-corrected chi connectivity index (χ0v) is 11.5. The molecule has 0 saturated carbocycles. The summed E-state index contributed by atoms with van der Waals surface area (Å²) >= 11 is 0. The number of amidine groups is 1. The maximum Gasteiger partial charge on any atom is 0.207 e. The molecule has 1 heterocycles. The molecule has 2 aromatic rings. The van der Waals surface area contributed by atoms with Crippen molar-refractivity contribution in [3.05, 3.63) is 71.0 Å². The lowest BCUT2D eigenvalue weighted by Gasteiger charge is -2.31. The minimum absolute atomic E-state index is 0.293. The van der Waals surface area contributed by atoms with Crippen molar-refractivity contribution in [3.63, 3.8) is 0 Å². The molecule has 0 saturated heterocycles. The summed E-state index contributed by atoms with van der Waals surface area (Å²) in [6.07, 6.45) is 2.77. The quantitative estimate of drug-likeness (QED) is 0.457. The lowest BCUT2D eigenvalue weighted by atomic mass is 9.99. The van der Waals surface area contributed by atoms with Crippen LogP contribution in [0.4, 0.5) is 4.39 Å². The minimum Gasteiger partial charge on any atom is -0.351 e. The molecule has 0 fully saturated rings. The van der Waals surface area contributed by atoms with Crippen LogP contribution in [0.1, 0.15) is 16.7 Å². The monoisotopic (exact) mass is 279 g/mol.